The molecule has 4 aromatic rings. The Balaban J connectivity index is 0.000000186. The van der Waals surface area contributed by atoms with Gasteiger partial charge in [-0.3, -0.25) is 9.69 Å². The highest BCUT2D eigenvalue weighted by atomic mass is 35.5. The Morgan fingerprint density at radius 1 is 1.00 bits per heavy atom. The van der Waals surface area contributed by atoms with Crippen molar-refractivity contribution >= 4 is 23.5 Å². The zero-order chi connectivity index (χ0) is 26.9. The molecule has 2 aromatic carbocycles. The predicted octanol–water partition coefficient (Wildman–Crippen LogP) is 4.23. The fourth-order valence-electron chi connectivity index (χ4n) is 4.14. The molecule has 1 atom stereocenters. The molecule has 0 spiro atoms. The van der Waals surface area contributed by atoms with E-state index in [1.807, 2.05) is 43.3 Å². The van der Waals surface area contributed by atoms with Crippen LogP contribution in [0.2, 0.25) is 5.02 Å². The second kappa shape index (κ2) is 13.1. The van der Waals surface area contributed by atoms with Crippen LogP contribution < -0.4 is 10.6 Å². The topological polar surface area (TPSA) is 122 Å². The van der Waals surface area contributed by atoms with Gasteiger partial charge in [-0.05, 0) is 37.3 Å². The van der Waals surface area contributed by atoms with Crippen molar-refractivity contribution in [3.05, 3.63) is 83.8 Å². The van der Waals surface area contributed by atoms with Crippen LogP contribution in [0.3, 0.4) is 0 Å². The van der Waals surface area contributed by atoms with E-state index in [0.29, 0.717) is 22.4 Å². The summed E-state index contributed by atoms with van der Waals surface area (Å²) in [4.78, 5) is 28.6. The molecular formula is C28H31ClN6O3. The van der Waals surface area contributed by atoms with Gasteiger partial charge in [0, 0.05) is 67.3 Å². The van der Waals surface area contributed by atoms with E-state index in [-0.39, 0.29) is 12.5 Å². The van der Waals surface area contributed by atoms with Gasteiger partial charge in [0.05, 0.1) is 0 Å². The van der Waals surface area contributed by atoms with Crippen LogP contribution in [-0.2, 0) is 11.2 Å². The maximum Gasteiger partial charge on any atom is 0.311 e. The minimum Gasteiger partial charge on any atom is -0.481 e. The number of carboxylic acids is 1. The van der Waals surface area contributed by atoms with Crippen LogP contribution >= 0.6 is 11.6 Å². The largest absolute Gasteiger partial charge is 0.481 e. The number of anilines is 1. The van der Waals surface area contributed by atoms with Gasteiger partial charge >= 0.3 is 5.97 Å². The number of halogens is 1. The van der Waals surface area contributed by atoms with Crippen LogP contribution in [0.25, 0.3) is 22.7 Å². The highest BCUT2D eigenvalue weighted by Crippen LogP contribution is 2.30. The van der Waals surface area contributed by atoms with Gasteiger partial charge in [-0.15, -0.1) is 0 Å². The number of nitrogens with two attached hydrogens (primary N) is 1. The van der Waals surface area contributed by atoms with Crippen molar-refractivity contribution in [3.8, 4) is 22.7 Å². The SMILES string of the molecule is CC(N)CN1CCN(c2ncccn2)CC1.O=C(O)Cc1oc(-c2ccc(Cl)cc2)nc1-c1ccccc1. The molecule has 9 nitrogen and oxygen atoms in total. The third-order valence-corrected chi connectivity index (χ3v) is 6.15. The van der Waals surface area contributed by atoms with Crippen molar-refractivity contribution in [1.29, 1.82) is 0 Å². The molecule has 3 heterocycles. The van der Waals surface area contributed by atoms with Crippen LogP contribution in [0.1, 0.15) is 12.7 Å². The van der Waals surface area contributed by atoms with Crippen LogP contribution in [0.15, 0.2) is 77.5 Å². The molecule has 1 aliphatic heterocycles. The molecule has 0 aliphatic carbocycles. The molecule has 198 valence electrons. The number of oxazole rings is 1. The number of rotatable bonds is 7. The van der Waals surface area contributed by atoms with E-state index in [0.717, 1.165) is 49.8 Å². The summed E-state index contributed by atoms with van der Waals surface area (Å²) in [6, 6.07) is 18.5. The predicted molar refractivity (Wildman–Crippen MR) is 148 cm³/mol. The maximum absolute atomic E-state index is 11.0. The minimum atomic E-state index is -0.962. The molecule has 3 N–H and O–H groups in total. The van der Waals surface area contributed by atoms with E-state index in [2.05, 4.69) is 24.8 Å². The first-order chi connectivity index (χ1) is 18.4. The van der Waals surface area contributed by atoms with Gasteiger partial charge in [-0.25, -0.2) is 15.0 Å². The third-order valence-electron chi connectivity index (χ3n) is 5.90. The summed E-state index contributed by atoms with van der Waals surface area (Å²) in [5, 5.41) is 9.66. The van der Waals surface area contributed by atoms with Crippen molar-refractivity contribution < 1.29 is 14.3 Å². The van der Waals surface area contributed by atoms with Crippen molar-refractivity contribution in [2.45, 2.75) is 19.4 Å². The minimum absolute atomic E-state index is 0.217. The number of aromatic nitrogens is 3. The Bertz CT molecular complexity index is 1290. The molecule has 1 unspecified atom stereocenters. The molecule has 0 radical (unpaired) electrons. The molecular weight excluding hydrogens is 504 g/mol. The molecule has 0 bridgehead atoms. The first kappa shape index (κ1) is 27.3. The van der Waals surface area contributed by atoms with Gasteiger partial charge in [0.15, 0.2) is 0 Å². The lowest BCUT2D eigenvalue weighted by molar-refractivity contribution is -0.136. The fraction of sp³-hybridized carbons (Fsp3) is 0.286. The molecule has 10 heteroatoms. The van der Waals surface area contributed by atoms with Crippen LogP contribution in [0, 0.1) is 0 Å². The molecule has 0 amide bonds. The number of piperazine rings is 1. The van der Waals surface area contributed by atoms with E-state index in [1.54, 1.807) is 36.7 Å². The van der Waals surface area contributed by atoms with Crippen LogP contribution in [0.4, 0.5) is 5.95 Å². The summed E-state index contributed by atoms with van der Waals surface area (Å²) in [6.45, 7) is 7.07. The number of hydrogen-bond donors (Lipinski definition) is 2. The lowest BCUT2D eigenvalue weighted by atomic mass is 10.1. The Kier molecular flexibility index (Phi) is 9.42. The average Bonchev–Trinajstić information content (AvgIpc) is 3.33. The average molecular weight is 535 g/mol. The summed E-state index contributed by atoms with van der Waals surface area (Å²) in [7, 11) is 0. The van der Waals surface area contributed by atoms with Gasteiger partial charge < -0.3 is 20.2 Å². The van der Waals surface area contributed by atoms with E-state index in [1.165, 1.54) is 0 Å². The highest BCUT2D eigenvalue weighted by Gasteiger charge is 2.20. The molecule has 1 fully saturated rings. The smallest absolute Gasteiger partial charge is 0.311 e. The Morgan fingerprint density at radius 3 is 2.26 bits per heavy atom. The van der Waals surface area contributed by atoms with E-state index >= 15 is 0 Å². The molecule has 1 saturated heterocycles. The molecule has 38 heavy (non-hydrogen) atoms. The third kappa shape index (κ3) is 7.61. The quantitative estimate of drug-likeness (QED) is 0.358. The summed E-state index contributed by atoms with van der Waals surface area (Å²) >= 11 is 5.87. The summed E-state index contributed by atoms with van der Waals surface area (Å²) in [6.07, 6.45) is 3.36. The Morgan fingerprint density at radius 2 is 1.66 bits per heavy atom. The number of nitrogens with zero attached hydrogens (tertiary/aromatic N) is 5. The van der Waals surface area contributed by atoms with Gasteiger partial charge in [0.1, 0.15) is 17.9 Å². The monoisotopic (exact) mass is 534 g/mol. The fourth-order valence-corrected chi connectivity index (χ4v) is 4.26. The number of carboxylic acid groups (broad SMARTS) is 1. The molecule has 5 rings (SSSR count). The van der Waals surface area contributed by atoms with E-state index in [4.69, 9.17) is 26.9 Å². The maximum atomic E-state index is 11.0. The molecule has 2 aromatic heterocycles. The Hall–Kier alpha value is -3.79. The number of aliphatic carboxylic acids is 1. The summed E-state index contributed by atoms with van der Waals surface area (Å²) < 4.78 is 5.67. The van der Waals surface area contributed by atoms with Gasteiger partial charge in [0.2, 0.25) is 11.8 Å². The van der Waals surface area contributed by atoms with Gasteiger partial charge in [-0.1, -0.05) is 41.9 Å². The highest BCUT2D eigenvalue weighted by molar-refractivity contribution is 6.30. The van der Waals surface area contributed by atoms with Gasteiger partial charge in [0.25, 0.3) is 0 Å². The van der Waals surface area contributed by atoms with E-state index < -0.39 is 5.97 Å². The number of carbonyl (C=O) groups is 1. The summed E-state index contributed by atoms with van der Waals surface area (Å²) in [5.41, 5.74) is 7.91. The first-order valence-corrected chi connectivity index (χ1v) is 12.8. The summed E-state index contributed by atoms with van der Waals surface area (Å²) in [5.74, 6) is 0.592. The molecule has 0 saturated carbocycles. The first-order valence-electron chi connectivity index (χ1n) is 12.4. The second-order valence-electron chi connectivity index (χ2n) is 9.05. The lowest BCUT2D eigenvalue weighted by Gasteiger charge is -2.35. The van der Waals surface area contributed by atoms with Crippen molar-refractivity contribution in [2.75, 3.05) is 37.6 Å². The van der Waals surface area contributed by atoms with Crippen molar-refractivity contribution in [2.24, 2.45) is 5.73 Å². The number of benzene rings is 2. The van der Waals surface area contributed by atoms with E-state index in [9.17, 15) is 4.79 Å². The standard InChI is InChI=1S/C17H12ClNO3.C11H19N5/c18-13-8-6-12(7-9-13)17-19-16(11-4-2-1-3-5-11)14(22-17)10-15(20)21;1-10(12)9-15-5-7-16(8-6-15)11-13-3-2-4-14-11/h1-9H,10H2,(H,20,21);2-4,10H,5-9,12H2,1H3. The number of hydrogen-bond acceptors (Lipinski definition) is 8. The van der Waals surface area contributed by atoms with Gasteiger partial charge in [-0.2, -0.15) is 0 Å². The van der Waals surface area contributed by atoms with Crippen LogP contribution in [0.5, 0.6) is 0 Å². The van der Waals surface area contributed by atoms with Crippen molar-refractivity contribution in [1.82, 2.24) is 19.9 Å². The van der Waals surface area contributed by atoms with Crippen LogP contribution in [-0.4, -0.2) is 69.7 Å². The normalized spacial score (nSPS) is 14.4. The lowest BCUT2D eigenvalue weighted by Crippen LogP contribution is -2.49. The van der Waals surface area contributed by atoms with Crippen molar-refractivity contribution in [3.63, 3.8) is 0 Å². The molecule has 1 aliphatic rings. The zero-order valence-electron chi connectivity index (χ0n) is 21.2. The second-order valence-corrected chi connectivity index (χ2v) is 9.48. The Labute approximate surface area is 226 Å². The zero-order valence-corrected chi connectivity index (χ0v) is 22.0.